The number of fused-ring (bicyclic) bond motifs is 1. The molecule has 24 heavy (non-hydrogen) atoms. The van der Waals surface area contributed by atoms with Gasteiger partial charge >= 0.3 is 5.97 Å². The number of nitrogens with zero attached hydrogens (tertiary/aromatic N) is 1. The standard InChI is InChI=1S/C18H17N3O3/c1-11-4-2-3-5-14(11)16(9-17(22)23)20-18(24)12-6-7-15-13(8-12)10-19-21-15/h2-8,10,16H,9H2,1H3,(H,19,21)(H,20,24)(H,22,23)/t16-/m1/s1. The molecule has 0 saturated carbocycles. The number of aromatic nitrogens is 2. The number of carbonyl (C=O) groups is 2. The van der Waals surface area contributed by atoms with Crippen LogP contribution in [0.4, 0.5) is 0 Å². The summed E-state index contributed by atoms with van der Waals surface area (Å²) in [5.74, 6) is -1.28. The topological polar surface area (TPSA) is 95.1 Å². The first kappa shape index (κ1) is 15.7. The number of carboxylic acid groups (broad SMARTS) is 1. The van der Waals surface area contributed by atoms with E-state index in [0.717, 1.165) is 22.0 Å². The molecule has 0 unspecified atom stereocenters. The van der Waals surface area contributed by atoms with E-state index in [1.54, 1.807) is 24.4 Å². The molecule has 3 N–H and O–H groups in total. The Labute approximate surface area is 138 Å². The maximum Gasteiger partial charge on any atom is 0.305 e. The quantitative estimate of drug-likeness (QED) is 0.673. The number of aliphatic carboxylic acids is 1. The summed E-state index contributed by atoms with van der Waals surface area (Å²) in [5.41, 5.74) is 3.05. The fourth-order valence-corrected chi connectivity index (χ4v) is 2.72. The molecule has 6 heteroatoms. The Kier molecular flexibility index (Phi) is 4.29. The maximum atomic E-state index is 12.6. The van der Waals surface area contributed by atoms with Crippen LogP contribution in [0.25, 0.3) is 10.9 Å². The first-order chi connectivity index (χ1) is 11.5. The highest BCUT2D eigenvalue weighted by Crippen LogP contribution is 2.22. The lowest BCUT2D eigenvalue weighted by molar-refractivity contribution is -0.137. The molecule has 1 heterocycles. The SMILES string of the molecule is Cc1ccccc1[C@@H](CC(=O)O)NC(=O)c1ccc2[nH]ncc2c1. The summed E-state index contributed by atoms with van der Waals surface area (Å²) in [4.78, 5) is 23.7. The second-order valence-electron chi connectivity index (χ2n) is 5.65. The van der Waals surface area contributed by atoms with Gasteiger partial charge in [-0.05, 0) is 36.2 Å². The summed E-state index contributed by atoms with van der Waals surface area (Å²) >= 11 is 0. The Morgan fingerprint density at radius 3 is 2.79 bits per heavy atom. The Bertz CT molecular complexity index is 901. The van der Waals surface area contributed by atoms with Gasteiger partial charge in [0, 0.05) is 10.9 Å². The van der Waals surface area contributed by atoms with Crippen molar-refractivity contribution < 1.29 is 14.7 Å². The van der Waals surface area contributed by atoms with Crippen LogP contribution in [0, 0.1) is 6.92 Å². The van der Waals surface area contributed by atoms with Gasteiger partial charge in [0.05, 0.1) is 24.2 Å². The van der Waals surface area contributed by atoms with Gasteiger partial charge in [-0.2, -0.15) is 5.10 Å². The molecule has 0 saturated heterocycles. The van der Waals surface area contributed by atoms with Crippen molar-refractivity contribution in [1.29, 1.82) is 0 Å². The smallest absolute Gasteiger partial charge is 0.305 e. The number of nitrogens with one attached hydrogen (secondary N) is 2. The molecule has 0 radical (unpaired) electrons. The third-order valence-electron chi connectivity index (χ3n) is 3.95. The zero-order valence-electron chi connectivity index (χ0n) is 13.1. The number of carboxylic acids is 1. The highest BCUT2D eigenvalue weighted by atomic mass is 16.4. The molecule has 3 aromatic rings. The van der Waals surface area contributed by atoms with Crippen LogP contribution in [0.15, 0.2) is 48.7 Å². The molecular weight excluding hydrogens is 306 g/mol. The van der Waals surface area contributed by atoms with Crippen molar-refractivity contribution in [2.24, 2.45) is 0 Å². The first-order valence-electron chi connectivity index (χ1n) is 7.56. The Morgan fingerprint density at radius 1 is 1.25 bits per heavy atom. The molecule has 6 nitrogen and oxygen atoms in total. The normalized spacial score (nSPS) is 12.0. The summed E-state index contributed by atoms with van der Waals surface area (Å²) < 4.78 is 0. The van der Waals surface area contributed by atoms with E-state index in [9.17, 15) is 9.59 Å². The van der Waals surface area contributed by atoms with Crippen molar-refractivity contribution in [2.75, 3.05) is 0 Å². The fourth-order valence-electron chi connectivity index (χ4n) is 2.72. The van der Waals surface area contributed by atoms with Crippen LogP contribution >= 0.6 is 0 Å². The Balaban J connectivity index is 1.87. The summed E-state index contributed by atoms with van der Waals surface area (Å²) in [7, 11) is 0. The van der Waals surface area contributed by atoms with Crippen molar-refractivity contribution >= 4 is 22.8 Å². The first-order valence-corrected chi connectivity index (χ1v) is 7.56. The third-order valence-corrected chi connectivity index (χ3v) is 3.95. The Morgan fingerprint density at radius 2 is 2.04 bits per heavy atom. The Hall–Kier alpha value is -3.15. The van der Waals surface area contributed by atoms with E-state index < -0.39 is 12.0 Å². The maximum absolute atomic E-state index is 12.6. The molecule has 0 aliphatic heterocycles. The van der Waals surface area contributed by atoms with Crippen LogP contribution < -0.4 is 5.32 Å². The summed E-state index contributed by atoms with van der Waals surface area (Å²) in [5, 5.41) is 19.6. The van der Waals surface area contributed by atoms with Gasteiger partial charge in [-0.15, -0.1) is 0 Å². The van der Waals surface area contributed by atoms with E-state index in [-0.39, 0.29) is 12.3 Å². The number of hydrogen-bond donors (Lipinski definition) is 3. The third kappa shape index (κ3) is 3.27. The molecule has 1 atom stereocenters. The summed E-state index contributed by atoms with van der Waals surface area (Å²) in [6, 6.07) is 12.0. The van der Waals surface area contributed by atoms with E-state index in [4.69, 9.17) is 5.11 Å². The van der Waals surface area contributed by atoms with E-state index in [2.05, 4.69) is 15.5 Å². The second kappa shape index (κ2) is 6.54. The number of aromatic amines is 1. The zero-order valence-corrected chi connectivity index (χ0v) is 13.1. The molecule has 0 aliphatic rings. The van der Waals surface area contributed by atoms with Gasteiger partial charge in [0.15, 0.2) is 0 Å². The molecule has 1 amide bonds. The molecule has 0 spiro atoms. The minimum atomic E-state index is -0.964. The van der Waals surface area contributed by atoms with Gasteiger partial charge in [-0.25, -0.2) is 0 Å². The van der Waals surface area contributed by atoms with Crippen LogP contribution in [0.2, 0.25) is 0 Å². The minimum absolute atomic E-state index is 0.176. The van der Waals surface area contributed by atoms with Crippen LogP contribution in [0.1, 0.15) is 33.9 Å². The van der Waals surface area contributed by atoms with Crippen molar-refractivity contribution in [3.63, 3.8) is 0 Å². The molecule has 1 aromatic heterocycles. The van der Waals surface area contributed by atoms with Gasteiger partial charge < -0.3 is 10.4 Å². The number of H-pyrrole nitrogens is 1. The van der Waals surface area contributed by atoms with Crippen molar-refractivity contribution in [3.8, 4) is 0 Å². The average molecular weight is 323 g/mol. The van der Waals surface area contributed by atoms with Gasteiger partial charge in [0.2, 0.25) is 0 Å². The van der Waals surface area contributed by atoms with Crippen LogP contribution in [0.3, 0.4) is 0 Å². The van der Waals surface area contributed by atoms with E-state index in [0.29, 0.717) is 5.56 Å². The van der Waals surface area contributed by atoms with Crippen molar-refractivity contribution in [2.45, 2.75) is 19.4 Å². The van der Waals surface area contributed by atoms with Gasteiger partial charge in [0.1, 0.15) is 0 Å². The molecule has 122 valence electrons. The predicted octanol–water partition coefficient (Wildman–Crippen LogP) is 2.82. The number of hydrogen-bond acceptors (Lipinski definition) is 3. The number of carbonyl (C=O) groups excluding carboxylic acids is 1. The van der Waals surface area contributed by atoms with Gasteiger partial charge in [-0.3, -0.25) is 14.7 Å². The van der Waals surface area contributed by atoms with Crippen LogP contribution in [-0.4, -0.2) is 27.2 Å². The predicted molar refractivity (Wildman–Crippen MR) is 89.7 cm³/mol. The molecule has 0 bridgehead atoms. The van der Waals surface area contributed by atoms with Crippen molar-refractivity contribution in [3.05, 3.63) is 65.4 Å². The molecular formula is C18H17N3O3. The number of rotatable bonds is 5. The van der Waals surface area contributed by atoms with Crippen LogP contribution in [-0.2, 0) is 4.79 Å². The highest BCUT2D eigenvalue weighted by molar-refractivity contribution is 5.98. The molecule has 3 rings (SSSR count). The average Bonchev–Trinajstić information content (AvgIpc) is 3.01. The lowest BCUT2D eigenvalue weighted by atomic mass is 9.98. The number of benzene rings is 2. The molecule has 0 aliphatic carbocycles. The van der Waals surface area contributed by atoms with Gasteiger partial charge in [-0.1, -0.05) is 24.3 Å². The monoisotopic (exact) mass is 323 g/mol. The minimum Gasteiger partial charge on any atom is -0.481 e. The summed E-state index contributed by atoms with van der Waals surface area (Å²) in [6.45, 7) is 1.90. The molecule has 2 aromatic carbocycles. The second-order valence-corrected chi connectivity index (χ2v) is 5.65. The lowest BCUT2D eigenvalue weighted by Gasteiger charge is -2.19. The summed E-state index contributed by atoms with van der Waals surface area (Å²) in [6.07, 6.45) is 1.47. The van der Waals surface area contributed by atoms with Gasteiger partial charge in [0.25, 0.3) is 5.91 Å². The zero-order chi connectivity index (χ0) is 17.1. The number of aryl methyl sites for hydroxylation is 1. The van der Waals surface area contributed by atoms with E-state index in [1.807, 2.05) is 31.2 Å². The fraction of sp³-hybridized carbons (Fsp3) is 0.167. The highest BCUT2D eigenvalue weighted by Gasteiger charge is 2.20. The molecule has 0 fully saturated rings. The number of amides is 1. The van der Waals surface area contributed by atoms with E-state index >= 15 is 0 Å². The lowest BCUT2D eigenvalue weighted by Crippen LogP contribution is -2.30. The van der Waals surface area contributed by atoms with E-state index in [1.165, 1.54) is 0 Å². The van der Waals surface area contributed by atoms with Crippen molar-refractivity contribution in [1.82, 2.24) is 15.5 Å². The van der Waals surface area contributed by atoms with Crippen LogP contribution in [0.5, 0.6) is 0 Å². The largest absolute Gasteiger partial charge is 0.481 e.